The van der Waals surface area contributed by atoms with Crippen molar-refractivity contribution in [2.24, 2.45) is 5.84 Å². The third-order valence-corrected chi connectivity index (χ3v) is 3.34. The number of nitro groups is 2. The molecule has 21 heavy (non-hydrogen) atoms. The Kier molecular flexibility index (Phi) is 4.30. The molecule has 0 fully saturated rings. The van der Waals surface area contributed by atoms with E-state index in [0.717, 1.165) is 11.8 Å². The monoisotopic (exact) mass is 307 g/mol. The summed E-state index contributed by atoms with van der Waals surface area (Å²) < 4.78 is 0. The summed E-state index contributed by atoms with van der Waals surface area (Å²) in [5, 5.41) is 21.7. The van der Waals surface area contributed by atoms with Crippen LogP contribution in [0, 0.1) is 20.2 Å². The molecule has 0 aliphatic heterocycles. The van der Waals surface area contributed by atoms with E-state index >= 15 is 0 Å². The summed E-state index contributed by atoms with van der Waals surface area (Å²) >= 11 is 1.14. The Balaban J connectivity index is 2.28. The molecular weight excluding hydrogens is 298 g/mol. The Hall–Kier alpha value is -2.72. The van der Waals surface area contributed by atoms with Crippen LogP contribution in [0.25, 0.3) is 0 Å². The molecule has 2 rings (SSSR count). The number of anilines is 1. The van der Waals surface area contributed by atoms with Crippen LogP contribution in [0.15, 0.2) is 46.3 Å². The van der Waals surface area contributed by atoms with Gasteiger partial charge in [-0.3, -0.25) is 20.2 Å². The van der Waals surface area contributed by atoms with Crippen molar-refractivity contribution >= 4 is 29.0 Å². The van der Waals surface area contributed by atoms with Crippen molar-refractivity contribution in [3.05, 3.63) is 56.6 Å². The number of nitrogens with one attached hydrogen (secondary N) is 1. The molecule has 10 heteroatoms. The van der Waals surface area contributed by atoms with Crippen molar-refractivity contribution in [1.29, 1.82) is 0 Å². The number of hydrazine groups is 1. The second-order valence-corrected chi connectivity index (χ2v) is 4.90. The summed E-state index contributed by atoms with van der Waals surface area (Å²) in [7, 11) is 0. The fourth-order valence-electron chi connectivity index (χ4n) is 1.48. The molecule has 0 atom stereocenters. The summed E-state index contributed by atoms with van der Waals surface area (Å²) in [6.45, 7) is 0. The number of nitrogens with two attached hydrogens (primary N) is 1. The van der Waals surface area contributed by atoms with Gasteiger partial charge in [0.15, 0.2) is 0 Å². The molecule has 9 nitrogen and oxygen atoms in total. The van der Waals surface area contributed by atoms with Crippen molar-refractivity contribution in [3.63, 3.8) is 0 Å². The molecule has 0 saturated heterocycles. The summed E-state index contributed by atoms with van der Waals surface area (Å²) in [6, 6.07) is 8.29. The van der Waals surface area contributed by atoms with Crippen LogP contribution < -0.4 is 11.3 Å². The third-order valence-electron chi connectivity index (χ3n) is 2.42. The second kappa shape index (κ2) is 6.15. The predicted molar refractivity (Wildman–Crippen MR) is 75.9 cm³/mol. The molecule has 0 bridgehead atoms. The van der Waals surface area contributed by atoms with Crippen LogP contribution in [-0.2, 0) is 0 Å². The fraction of sp³-hybridized carbons (Fsp3) is 0. The molecule has 0 aliphatic rings. The highest BCUT2D eigenvalue weighted by atomic mass is 32.2. The molecule has 1 aromatic heterocycles. The SMILES string of the molecule is NNc1cc([N+](=O)[O-])cc(Sc2ccc([N+](=O)[O-])cc2)n1. The van der Waals surface area contributed by atoms with Gasteiger partial charge in [-0.2, -0.15) is 0 Å². The quantitative estimate of drug-likeness (QED) is 0.487. The summed E-state index contributed by atoms with van der Waals surface area (Å²) in [4.78, 5) is 25.1. The fourth-order valence-corrected chi connectivity index (χ4v) is 2.32. The van der Waals surface area contributed by atoms with Gasteiger partial charge in [-0.05, 0) is 12.1 Å². The minimum Gasteiger partial charge on any atom is -0.308 e. The Morgan fingerprint density at radius 2 is 1.67 bits per heavy atom. The van der Waals surface area contributed by atoms with Crippen molar-refractivity contribution < 1.29 is 9.85 Å². The van der Waals surface area contributed by atoms with Gasteiger partial charge in [-0.25, -0.2) is 10.8 Å². The number of non-ortho nitro benzene ring substituents is 1. The maximum absolute atomic E-state index is 10.8. The van der Waals surface area contributed by atoms with Gasteiger partial charge in [-0.1, -0.05) is 11.8 Å². The van der Waals surface area contributed by atoms with Crippen LogP contribution in [0.4, 0.5) is 17.2 Å². The van der Waals surface area contributed by atoms with E-state index in [-0.39, 0.29) is 17.2 Å². The normalized spacial score (nSPS) is 10.1. The number of nitrogen functional groups attached to an aromatic ring is 1. The highest BCUT2D eigenvalue weighted by Gasteiger charge is 2.12. The smallest absolute Gasteiger partial charge is 0.275 e. The second-order valence-electron chi connectivity index (χ2n) is 3.80. The van der Waals surface area contributed by atoms with Gasteiger partial charge in [-0.15, -0.1) is 0 Å². The molecule has 3 N–H and O–H groups in total. The molecular formula is C11H9N5O4S. The number of nitro benzene ring substituents is 1. The van der Waals surface area contributed by atoms with E-state index in [4.69, 9.17) is 5.84 Å². The van der Waals surface area contributed by atoms with E-state index in [0.29, 0.717) is 9.92 Å². The van der Waals surface area contributed by atoms with E-state index in [2.05, 4.69) is 10.4 Å². The van der Waals surface area contributed by atoms with E-state index in [9.17, 15) is 20.2 Å². The summed E-state index contributed by atoms with van der Waals surface area (Å²) in [5.41, 5.74) is 2.07. The number of pyridine rings is 1. The Labute approximate surface area is 122 Å². The van der Waals surface area contributed by atoms with Crippen LogP contribution in [0.2, 0.25) is 0 Å². The maximum atomic E-state index is 10.8. The zero-order valence-electron chi connectivity index (χ0n) is 10.4. The van der Waals surface area contributed by atoms with Gasteiger partial charge in [0.05, 0.1) is 15.9 Å². The lowest BCUT2D eigenvalue weighted by atomic mass is 10.3. The molecule has 0 aliphatic carbocycles. The highest BCUT2D eigenvalue weighted by molar-refractivity contribution is 7.99. The average molecular weight is 307 g/mol. The molecule has 0 spiro atoms. The maximum Gasteiger partial charge on any atom is 0.275 e. The average Bonchev–Trinajstić information content (AvgIpc) is 2.47. The summed E-state index contributed by atoms with van der Waals surface area (Å²) in [6.07, 6.45) is 0. The highest BCUT2D eigenvalue weighted by Crippen LogP contribution is 2.31. The molecule has 1 aromatic carbocycles. The van der Waals surface area contributed by atoms with Crippen LogP contribution in [0.1, 0.15) is 0 Å². The number of benzene rings is 1. The first-order valence-electron chi connectivity index (χ1n) is 5.55. The largest absolute Gasteiger partial charge is 0.308 e. The lowest BCUT2D eigenvalue weighted by Gasteiger charge is -2.04. The number of hydrogen-bond donors (Lipinski definition) is 2. The molecule has 0 saturated carbocycles. The first kappa shape index (κ1) is 14.7. The lowest BCUT2D eigenvalue weighted by Crippen LogP contribution is -2.09. The van der Waals surface area contributed by atoms with Crippen LogP contribution in [0.3, 0.4) is 0 Å². The van der Waals surface area contributed by atoms with E-state index in [1.54, 1.807) is 12.1 Å². The number of aromatic nitrogens is 1. The van der Waals surface area contributed by atoms with E-state index in [1.807, 2.05) is 0 Å². The van der Waals surface area contributed by atoms with E-state index < -0.39 is 9.85 Å². The number of hydrogen-bond acceptors (Lipinski definition) is 8. The van der Waals surface area contributed by atoms with Gasteiger partial charge >= 0.3 is 0 Å². The van der Waals surface area contributed by atoms with Gasteiger partial charge in [0.2, 0.25) is 0 Å². The Morgan fingerprint density at radius 3 is 2.19 bits per heavy atom. The molecule has 2 aromatic rings. The van der Waals surface area contributed by atoms with Gasteiger partial charge in [0.25, 0.3) is 11.4 Å². The summed E-state index contributed by atoms with van der Waals surface area (Å²) in [5.74, 6) is 5.38. The van der Waals surface area contributed by atoms with Crippen LogP contribution in [0.5, 0.6) is 0 Å². The first-order chi connectivity index (χ1) is 9.99. The zero-order chi connectivity index (χ0) is 15.4. The Morgan fingerprint density at radius 1 is 1.05 bits per heavy atom. The van der Waals surface area contributed by atoms with Crippen molar-refractivity contribution in [2.75, 3.05) is 5.43 Å². The minimum absolute atomic E-state index is 0.0318. The predicted octanol–water partition coefficient (Wildman–Crippen LogP) is 2.33. The number of nitrogens with zero attached hydrogens (tertiary/aromatic N) is 3. The topological polar surface area (TPSA) is 137 Å². The molecule has 1 heterocycles. The first-order valence-corrected chi connectivity index (χ1v) is 6.36. The minimum atomic E-state index is -0.553. The van der Waals surface area contributed by atoms with Crippen molar-refractivity contribution in [1.82, 2.24) is 4.98 Å². The van der Waals surface area contributed by atoms with Gasteiger partial charge in [0, 0.05) is 23.1 Å². The van der Waals surface area contributed by atoms with Crippen LogP contribution >= 0.6 is 11.8 Å². The third kappa shape index (κ3) is 3.64. The molecule has 0 amide bonds. The van der Waals surface area contributed by atoms with E-state index in [1.165, 1.54) is 24.3 Å². The van der Waals surface area contributed by atoms with Gasteiger partial charge < -0.3 is 5.43 Å². The molecule has 0 unspecified atom stereocenters. The van der Waals surface area contributed by atoms with Crippen LogP contribution in [-0.4, -0.2) is 14.8 Å². The van der Waals surface area contributed by atoms with Crippen molar-refractivity contribution in [2.45, 2.75) is 9.92 Å². The molecule has 0 radical (unpaired) electrons. The standard InChI is InChI=1S/C11H9N5O4S/c12-14-10-5-8(16(19)20)6-11(13-10)21-9-3-1-7(2-4-9)15(17)18/h1-6H,12H2,(H,13,14). The van der Waals surface area contributed by atoms with Gasteiger partial charge in [0.1, 0.15) is 10.8 Å². The number of rotatable bonds is 5. The zero-order valence-corrected chi connectivity index (χ0v) is 11.2. The van der Waals surface area contributed by atoms with Crippen molar-refractivity contribution in [3.8, 4) is 0 Å². The Bertz CT molecular complexity index is 692. The lowest BCUT2D eigenvalue weighted by molar-refractivity contribution is -0.385. The molecule has 108 valence electrons.